The van der Waals surface area contributed by atoms with Gasteiger partial charge in [-0.05, 0) is 183 Å². The van der Waals surface area contributed by atoms with Crippen LogP contribution in [0.1, 0.15) is 276 Å². The van der Waals surface area contributed by atoms with Gasteiger partial charge >= 0.3 is 0 Å². The van der Waals surface area contributed by atoms with Gasteiger partial charge in [-0.1, -0.05) is 280 Å². The van der Waals surface area contributed by atoms with Crippen LogP contribution in [-0.4, -0.2) is 60.3 Å². The number of hydrogen-bond donors (Lipinski definition) is 0. The number of unbranched alkanes of at least 4 members (excludes halogenated alkanes) is 20. The maximum absolute atomic E-state index is 2.53. The van der Waals surface area contributed by atoms with Gasteiger partial charge in [-0.3, -0.25) is 0 Å². The lowest BCUT2D eigenvalue weighted by Crippen LogP contribution is -3.00. The van der Waals surface area contributed by atoms with Gasteiger partial charge in [0.25, 0.3) is 15.0 Å². The summed E-state index contributed by atoms with van der Waals surface area (Å²) in [6.45, 7) is 30.1. The Hall–Kier alpha value is -6.75. The fourth-order valence-corrected chi connectivity index (χ4v) is 20.9. The second kappa shape index (κ2) is 66.9. The molecule has 0 N–H and O–H groups in total. The van der Waals surface area contributed by atoms with Crippen LogP contribution in [0.4, 0.5) is 22.7 Å². The number of rotatable bonds is 43. The monoisotopic (exact) mass is 2370 g/mol. The smallest absolute Gasteiger partial charge is 0.264 e. The molecular weight excluding hydrogens is 2220 g/mol. The molecule has 19 heteroatoms. The van der Waals surface area contributed by atoms with E-state index in [2.05, 4.69) is 430 Å². The van der Waals surface area contributed by atoms with Crippen molar-refractivity contribution in [1.82, 2.24) is 4.90 Å². The van der Waals surface area contributed by atoms with Crippen LogP contribution >= 0.6 is 45.8 Å². The molecule has 0 unspecified atom stereocenters. The third kappa shape index (κ3) is 37.9. The summed E-state index contributed by atoms with van der Waals surface area (Å²) in [5.41, 5.74) is 21.9. The van der Waals surface area contributed by atoms with Gasteiger partial charge in [0.15, 0.2) is 24.1 Å². The largest absolute Gasteiger partial charge is 1.00 e. The number of thiazole rings is 3. The summed E-state index contributed by atoms with van der Waals surface area (Å²) in [6.07, 6.45) is 58.0. The van der Waals surface area contributed by atoms with Gasteiger partial charge < -0.3 is 133 Å². The molecule has 0 fully saturated rings. The highest BCUT2D eigenvalue weighted by Gasteiger charge is 2.25. The molecule has 10 nitrogen and oxygen atoms in total. The quantitative estimate of drug-likeness (QED) is 0.0215. The molecule has 0 aliphatic carbocycles. The van der Waals surface area contributed by atoms with Gasteiger partial charge in [0.1, 0.15) is 30.9 Å². The Labute approximate surface area is 911 Å². The Kier molecular flexibility index (Phi) is 58.9. The first-order chi connectivity index (χ1) is 64.0. The molecule has 0 bridgehead atoms. The zero-order valence-electron chi connectivity index (χ0n) is 84.6. The SMILES string of the molecule is CCCCCCCN1C(C)=CS/C1=C\c1scc(C)[n+]1CCCCCCC.CCCCCCC[n+]1c(/C=C/c2ccc(N(C)C)cc2)ccc2ccccc21.CCCCCCC[n+]1c(/C=C/c2ccc(N(C)C)cc2)sc2ccccc21.CCCCCCC[n+]1c(C)csc1/C=C/c1ccc(N(C)C)cc1.CCN1/C(=C/c2cc[n+](CC)c3ccccc23)C=Cc2ccccc21.[Cl-].[I-].[I-].[I-].[I-]. The highest BCUT2D eigenvalue weighted by molar-refractivity contribution is 8.06. The molecule has 0 saturated carbocycles. The normalized spacial score (nSPS) is 12.5. The predicted molar refractivity (Wildman–Crippen MR) is 580 cm³/mol. The number of halogens is 5. The van der Waals surface area contributed by atoms with Gasteiger partial charge in [-0.2, -0.15) is 22.8 Å². The summed E-state index contributed by atoms with van der Waals surface area (Å²) >= 11 is 7.51. The molecule has 2 aliphatic heterocycles. The molecule has 7 heterocycles. The van der Waals surface area contributed by atoms with Crippen molar-refractivity contribution < 1.29 is 131 Å². The zero-order chi connectivity index (χ0) is 92.9. The van der Waals surface area contributed by atoms with Gasteiger partial charge in [0.2, 0.25) is 22.2 Å². The third-order valence-corrected chi connectivity index (χ3v) is 29.1. The lowest BCUT2D eigenvalue weighted by molar-refractivity contribution is -0.700. The molecule has 734 valence electrons. The van der Waals surface area contributed by atoms with Crippen molar-refractivity contribution in [3.05, 3.63) is 293 Å². The number of anilines is 4. The van der Waals surface area contributed by atoms with Crippen molar-refractivity contribution in [3.63, 3.8) is 0 Å². The average Bonchev–Trinajstić information content (AvgIpc) is 1.32. The molecule has 136 heavy (non-hydrogen) atoms. The van der Waals surface area contributed by atoms with Crippen LogP contribution in [0.5, 0.6) is 0 Å². The van der Waals surface area contributed by atoms with Crippen molar-refractivity contribution >= 4 is 155 Å². The highest BCUT2D eigenvalue weighted by atomic mass is 127. The zero-order valence-corrected chi connectivity index (χ0v) is 97.3. The minimum atomic E-state index is 0. The topological polar surface area (TPSA) is 35.6 Å². The number of pyridine rings is 2. The lowest BCUT2D eigenvalue weighted by Gasteiger charge is -2.29. The molecule has 12 aromatic rings. The Balaban J connectivity index is 0.000000298. The standard InChI is InChI=1S/C26H33N2.C24H31N2S.C23H39N2S2.C23H23N2.C21H31N2S.ClH.4HI/c1-4-5-6-7-10-21-28-25(20-16-23-11-8-9-12-26(23)28)19-15-22-13-17-24(18-14-22)27(2)3;1-4-5-6-7-10-19-26-22-11-8-9-12-23(22)27-24(26)18-15-20-13-16-21(17-14-20)25(2)3;1-5-7-9-11-13-15-24-20(3)18-26-22(24)17-23-25(21(4)19-27-23)16-14-12-10-8-6-2;1-3-24-16-15-19(21-10-6-8-12-23(21)24)17-20-14-13-18-9-5-7-11-22(18)25(20)4-2;1-5-6-7-8-9-16-23-18(2)17-24-21(23)15-12-19-10-13-20(14-11-19)22(3)4;;;;;/h8-9,11-20H,4-7,10,21H2,1-3H3;8-9,11-18H,4-7,10,19H2,1-3H3;17-19H,5-16H2,1-4H3;5-17H,3-4H2,1-2H3;10-15,17H,5-9,16H2,1-4H3;5*1H/q5*+1;;;;;/p-5. The van der Waals surface area contributed by atoms with E-state index in [-0.39, 0.29) is 108 Å². The molecule has 5 aromatic heterocycles. The fraction of sp³-hybridized carbons (Fsp3) is 0.410. The van der Waals surface area contributed by atoms with E-state index >= 15 is 0 Å². The van der Waals surface area contributed by atoms with Gasteiger partial charge in [-0.15, -0.1) is 0 Å². The molecule has 0 spiro atoms. The molecule has 0 amide bonds. The van der Waals surface area contributed by atoms with Crippen LogP contribution in [0.2, 0.25) is 0 Å². The summed E-state index contributed by atoms with van der Waals surface area (Å²) < 4.78 is 13.6. The van der Waals surface area contributed by atoms with Crippen molar-refractivity contribution in [2.45, 2.75) is 262 Å². The summed E-state index contributed by atoms with van der Waals surface area (Å²) in [5, 5.41) is 15.0. The molecule has 2 aliphatic rings. The number of fused-ring (bicyclic) bond motifs is 4. The molecular formula is C117H157ClI4N10S4. The van der Waals surface area contributed by atoms with Crippen molar-refractivity contribution in [3.8, 4) is 0 Å². The first kappa shape index (κ1) is 120. The lowest BCUT2D eigenvalue weighted by atomic mass is 10.0. The third-order valence-electron chi connectivity index (χ3n) is 24.8. The van der Waals surface area contributed by atoms with Crippen molar-refractivity contribution in [1.29, 1.82) is 0 Å². The van der Waals surface area contributed by atoms with Gasteiger partial charge in [-0.25, -0.2) is 0 Å². The van der Waals surface area contributed by atoms with E-state index in [0.29, 0.717) is 0 Å². The number of para-hydroxylation sites is 4. The summed E-state index contributed by atoms with van der Waals surface area (Å²) in [6, 6.07) is 67.5. The molecule has 14 rings (SSSR count). The summed E-state index contributed by atoms with van der Waals surface area (Å²) in [5.74, 6) is 0. The minimum Gasteiger partial charge on any atom is -1.00 e. The fourth-order valence-electron chi connectivity index (χ4n) is 16.9. The summed E-state index contributed by atoms with van der Waals surface area (Å²) in [7, 11) is 12.4. The van der Waals surface area contributed by atoms with Crippen LogP contribution in [0.15, 0.2) is 233 Å². The maximum atomic E-state index is 2.53. The Morgan fingerprint density at radius 3 is 1.33 bits per heavy atom. The first-order valence-electron chi connectivity index (χ1n) is 49.6. The summed E-state index contributed by atoms with van der Waals surface area (Å²) in [4.78, 5) is 11.3. The number of allylic oxidation sites excluding steroid dienone is 2. The van der Waals surface area contributed by atoms with Crippen molar-refractivity contribution in [2.24, 2.45) is 0 Å². The Morgan fingerprint density at radius 1 is 0.368 bits per heavy atom. The van der Waals surface area contributed by atoms with E-state index < -0.39 is 0 Å². The van der Waals surface area contributed by atoms with Crippen LogP contribution in [0.3, 0.4) is 0 Å². The number of aromatic nitrogens is 5. The Bertz CT molecular complexity index is 5650. The van der Waals surface area contributed by atoms with Crippen LogP contribution < -0.4 is 151 Å². The second-order valence-electron chi connectivity index (χ2n) is 35.6. The number of benzene rings is 7. The minimum absolute atomic E-state index is 0. The number of aryl methyl sites for hydroxylation is 5. The maximum Gasteiger partial charge on any atom is 0.264 e. The van der Waals surface area contributed by atoms with E-state index in [4.69, 9.17) is 0 Å². The van der Waals surface area contributed by atoms with E-state index in [1.807, 2.05) is 45.8 Å². The van der Waals surface area contributed by atoms with E-state index in [0.717, 1.165) is 45.8 Å². The molecule has 0 atom stereocenters. The molecule has 0 saturated heterocycles. The second-order valence-corrected chi connectivity index (χ2v) is 39.3. The predicted octanol–water partition coefficient (Wildman–Crippen LogP) is 15.8. The number of nitrogens with zero attached hydrogens (tertiary/aromatic N) is 10. The number of thioether (sulfide) groups is 1. The van der Waals surface area contributed by atoms with Crippen molar-refractivity contribution in [2.75, 3.05) is 75.0 Å². The van der Waals surface area contributed by atoms with E-state index in [9.17, 15) is 0 Å². The van der Waals surface area contributed by atoms with E-state index in [1.54, 1.807) is 0 Å². The van der Waals surface area contributed by atoms with Gasteiger partial charge in [0.05, 0.1) is 27.3 Å². The van der Waals surface area contributed by atoms with Crippen LogP contribution in [0, 0.1) is 13.8 Å². The number of hydrogen-bond acceptors (Lipinski definition) is 9. The van der Waals surface area contributed by atoms with E-state index in [1.165, 1.54) is 292 Å². The highest BCUT2D eigenvalue weighted by Crippen LogP contribution is 2.37. The molecule has 7 aromatic carbocycles. The van der Waals surface area contributed by atoms with Crippen LogP contribution in [-0.2, 0) is 32.7 Å². The first-order valence-corrected chi connectivity index (χ1v) is 53.1. The van der Waals surface area contributed by atoms with Gasteiger partial charge in [0, 0.05) is 183 Å². The number of likely N-dealkylation sites (N-methyl/N-ethyl adjacent to an activating group) is 1. The average molecular weight is 2370 g/mol. The molecule has 0 radical (unpaired) electrons. The Morgan fingerprint density at radius 2 is 0.809 bits per heavy atom. The van der Waals surface area contributed by atoms with Crippen LogP contribution in [0.25, 0.3) is 86.7 Å².